The van der Waals surface area contributed by atoms with Crippen LogP contribution in [-0.4, -0.2) is 20.8 Å². The summed E-state index contributed by atoms with van der Waals surface area (Å²) < 4.78 is 10.7. The van der Waals surface area contributed by atoms with Gasteiger partial charge < -0.3 is 15.2 Å². The average molecular weight is 263 g/mol. The van der Waals surface area contributed by atoms with Crippen molar-refractivity contribution in [3.63, 3.8) is 0 Å². The van der Waals surface area contributed by atoms with E-state index in [9.17, 15) is 0 Å². The van der Waals surface area contributed by atoms with Crippen molar-refractivity contribution >= 4 is 0 Å². The summed E-state index contributed by atoms with van der Waals surface area (Å²) in [5.74, 6) is 2.98. The van der Waals surface area contributed by atoms with Crippen LogP contribution in [0, 0.1) is 5.92 Å². The zero-order valence-electron chi connectivity index (χ0n) is 12.0. The average Bonchev–Trinajstić information content (AvgIpc) is 2.47. The van der Waals surface area contributed by atoms with Crippen LogP contribution in [0.25, 0.3) is 0 Å². The molecule has 1 saturated carbocycles. The molecule has 3 nitrogen and oxygen atoms in total. The summed E-state index contributed by atoms with van der Waals surface area (Å²) >= 11 is 0. The molecule has 2 rings (SSSR count). The molecule has 0 spiro atoms. The Balaban J connectivity index is 2.23. The van der Waals surface area contributed by atoms with Crippen LogP contribution < -0.4 is 15.2 Å². The molecule has 1 aliphatic carbocycles. The van der Waals surface area contributed by atoms with Gasteiger partial charge in [-0.05, 0) is 55.3 Å². The zero-order chi connectivity index (χ0) is 13.7. The van der Waals surface area contributed by atoms with Gasteiger partial charge in [-0.15, -0.1) is 0 Å². The lowest BCUT2D eigenvalue weighted by molar-refractivity contribution is 0.292. The van der Waals surface area contributed by atoms with Crippen LogP contribution in [0.15, 0.2) is 18.2 Å². The summed E-state index contributed by atoms with van der Waals surface area (Å²) in [5, 5.41) is 0. The van der Waals surface area contributed by atoms with Crippen LogP contribution in [0.2, 0.25) is 0 Å². The highest BCUT2D eigenvalue weighted by Gasteiger charge is 2.26. The summed E-state index contributed by atoms with van der Waals surface area (Å²) in [6.07, 6.45) is 6.35. The predicted octanol–water partition coefficient (Wildman–Crippen LogP) is 3.33. The Labute approximate surface area is 116 Å². The molecule has 1 fully saturated rings. The van der Waals surface area contributed by atoms with Crippen LogP contribution in [-0.2, 0) is 0 Å². The second-order valence-electron chi connectivity index (χ2n) is 5.34. The molecule has 0 aliphatic heterocycles. The molecule has 0 bridgehead atoms. The molecule has 0 amide bonds. The maximum Gasteiger partial charge on any atom is 0.160 e. The second kappa shape index (κ2) is 6.80. The topological polar surface area (TPSA) is 44.5 Å². The van der Waals surface area contributed by atoms with Gasteiger partial charge in [-0.1, -0.05) is 18.9 Å². The van der Waals surface area contributed by atoms with E-state index >= 15 is 0 Å². The van der Waals surface area contributed by atoms with Gasteiger partial charge in [0.25, 0.3) is 0 Å². The van der Waals surface area contributed by atoms with Gasteiger partial charge in [0.1, 0.15) is 0 Å². The zero-order valence-corrected chi connectivity index (χ0v) is 12.0. The molecule has 0 saturated heterocycles. The molecule has 1 aliphatic rings. The number of hydrogen-bond acceptors (Lipinski definition) is 3. The summed E-state index contributed by atoms with van der Waals surface area (Å²) in [6.45, 7) is 0.786. The molecule has 2 atom stereocenters. The first-order valence-corrected chi connectivity index (χ1v) is 7.22. The van der Waals surface area contributed by atoms with Crippen LogP contribution in [0.1, 0.15) is 43.6 Å². The van der Waals surface area contributed by atoms with E-state index in [1.54, 1.807) is 14.2 Å². The Morgan fingerprint density at radius 3 is 2.53 bits per heavy atom. The van der Waals surface area contributed by atoms with Crippen molar-refractivity contribution in [2.75, 3.05) is 20.8 Å². The third-order valence-corrected chi connectivity index (χ3v) is 4.28. The summed E-state index contributed by atoms with van der Waals surface area (Å²) in [6, 6.07) is 6.33. The normalized spacial score (nSPS) is 23.1. The van der Waals surface area contributed by atoms with E-state index in [-0.39, 0.29) is 0 Å². The van der Waals surface area contributed by atoms with Crippen molar-refractivity contribution in [3.05, 3.63) is 23.8 Å². The van der Waals surface area contributed by atoms with Crippen LogP contribution in [0.3, 0.4) is 0 Å². The quantitative estimate of drug-likeness (QED) is 0.886. The van der Waals surface area contributed by atoms with E-state index in [4.69, 9.17) is 15.2 Å². The van der Waals surface area contributed by atoms with Gasteiger partial charge in [-0.3, -0.25) is 0 Å². The first-order chi connectivity index (χ1) is 9.30. The van der Waals surface area contributed by atoms with E-state index in [2.05, 4.69) is 12.1 Å². The molecule has 0 radical (unpaired) electrons. The monoisotopic (exact) mass is 263 g/mol. The minimum Gasteiger partial charge on any atom is -0.493 e. The largest absolute Gasteiger partial charge is 0.493 e. The van der Waals surface area contributed by atoms with Crippen molar-refractivity contribution in [2.24, 2.45) is 11.7 Å². The lowest BCUT2D eigenvalue weighted by atomic mass is 9.74. The van der Waals surface area contributed by atoms with Crippen molar-refractivity contribution < 1.29 is 9.47 Å². The first-order valence-electron chi connectivity index (χ1n) is 7.22. The fourth-order valence-electron chi connectivity index (χ4n) is 3.29. The van der Waals surface area contributed by atoms with E-state index < -0.39 is 0 Å². The van der Waals surface area contributed by atoms with Crippen molar-refractivity contribution in [1.82, 2.24) is 0 Å². The predicted molar refractivity (Wildman–Crippen MR) is 77.9 cm³/mol. The lowest BCUT2D eigenvalue weighted by Gasteiger charge is -2.32. The van der Waals surface area contributed by atoms with Gasteiger partial charge in [-0.25, -0.2) is 0 Å². The number of nitrogens with two attached hydrogens (primary N) is 1. The lowest BCUT2D eigenvalue weighted by Crippen LogP contribution is -2.20. The molecule has 106 valence electrons. The van der Waals surface area contributed by atoms with E-state index in [0.29, 0.717) is 5.92 Å². The Bertz CT molecular complexity index is 404. The maximum atomic E-state index is 5.76. The van der Waals surface area contributed by atoms with E-state index in [0.717, 1.165) is 30.4 Å². The number of rotatable bonds is 5. The Hall–Kier alpha value is -1.22. The van der Waals surface area contributed by atoms with Gasteiger partial charge in [-0.2, -0.15) is 0 Å². The van der Waals surface area contributed by atoms with Crippen molar-refractivity contribution in [2.45, 2.75) is 38.0 Å². The molecule has 0 heterocycles. The van der Waals surface area contributed by atoms with Crippen molar-refractivity contribution in [1.29, 1.82) is 0 Å². The third-order valence-electron chi connectivity index (χ3n) is 4.28. The van der Waals surface area contributed by atoms with E-state index in [1.165, 1.54) is 31.2 Å². The van der Waals surface area contributed by atoms with Gasteiger partial charge in [0.05, 0.1) is 14.2 Å². The summed E-state index contributed by atoms with van der Waals surface area (Å²) in [5.41, 5.74) is 7.13. The highest BCUT2D eigenvalue weighted by Crippen LogP contribution is 2.41. The molecule has 1 aromatic rings. The second-order valence-corrected chi connectivity index (χ2v) is 5.34. The highest BCUT2D eigenvalue weighted by atomic mass is 16.5. The molecular weight excluding hydrogens is 238 g/mol. The van der Waals surface area contributed by atoms with Crippen LogP contribution >= 0.6 is 0 Å². The molecule has 2 N–H and O–H groups in total. The van der Waals surface area contributed by atoms with Gasteiger partial charge >= 0.3 is 0 Å². The third kappa shape index (κ3) is 3.21. The highest BCUT2D eigenvalue weighted by molar-refractivity contribution is 5.44. The minimum absolute atomic E-state index is 0.622. The van der Waals surface area contributed by atoms with Gasteiger partial charge in [0, 0.05) is 0 Å². The number of hydrogen-bond donors (Lipinski definition) is 1. The Morgan fingerprint density at radius 2 is 1.84 bits per heavy atom. The van der Waals surface area contributed by atoms with Crippen LogP contribution in [0.5, 0.6) is 11.5 Å². The number of benzene rings is 1. The SMILES string of the molecule is COc1ccc(C2CCCCC2CCN)cc1OC. The van der Waals surface area contributed by atoms with Gasteiger partial charge in [0.15, 0.2) is 11.5 Å². The van der Waals surface area contributed by atoms with E-state index in [1.807, 2.05) is 6.07 Å². The maximum absolute atomic E-state index is 5.76. The first kappa shape index (κ1) is 14.2. The fourth-order valence-corrected chi connectivity index (χ4v) is 3.29. The molecular formula is C16H25NO2. The molecule has 0 aromatic heterocycles. The van der Waals surface area contributed by atoms with Gasteiger partial charge in [0.2, 0.25) is 0 Å². The number of ether oxygens (including phenoxy) is 2. The molecule has 1 aromatic carbocycles. The molecule has 19 heavy (non-hydrogen) atoms. The minimum atomic E-state index is 0.622. The van der Waals surface area contributed by atoms with Crippen LogP contribution in [0.4, 0.5) is 0 Å². The molecule has 3 heteroatoms. The standard InChI is InChI=1S/C16H25NO2/c1-18-15-8-7-13(11-16(15)19-2)14-6-4-3-5-12(14)9-10-17/h7-8,11-12,14H,3-6,9-10,17H2,1-2H3. The molecule has 2 unspecified atom stereocenters. The smallest absolute Gasteiger partial charge is 0.160 e. The fraction of sp³-hybridized carbons (Fsp3) is 0.625. The number of methoxy groups -OCH3 is 2. The Kier molecular flexibility index (Phi) is 5.08. The van der Waals surface area contributed by atoms with Crippen molar-refractivity contribution in [3.8, 4) is 11.5 Å². The summed E-state index contributed by atoms with van der Waals surface area (Å²) in [4.78, 5) is 0. The summed E-state index contributed by atoms with van der Waals surface area (Å²) in [7, 11) is 3.37. The Morgan fingerprint density at radius 1 is 1.11 bits per heavy atom.